The normalized spacial score (nSPS) is 10.9. The van der Waals surface area contributed by atoms with Crippen LogP contribution in [0.15, 0.2) is 29.4 Å². The van der Waals surface area contributed by atoms with Crippen LogP contribution >= 0.6 is 12.4 Å². The number of hydrogen-bond acceptors (Lipinski definition) is 2. The molecule has 70 valence electrons. The summed E-state index contributed by atoms with van der Waals surface area (Å²) in [7, 11) is 0. The molecule has 13 heavy (non-hydrogen) atoms. The van der Waals surface area contributed by atoms with Crippen LogP contribution in [-0.2, 0) is 0 Å². The average molecular weight is 199 g/mol. The fraction of sp³-hybridized carbons (Fsp3) is 0.250. The molecule has 0 saturated heterocycles. The molecule has 1 rings (SSSR count). The Kier molecular flexibility index (Phi) is 4.92. The molecular formula is C8H11ClN4. The van der Waals surface area contributed by atoms with Gasteiger partial charge < -0.3 is 5.73 Å². The van der Waals surface area contributed by atoms with E-state index >= 15 is 0 Å². The predicted octanol–water partition coefficient (Wildman–Crippen LogP) is 3.07. The molecular weight excluding hydrogens is 188 g/mol. The molecule has 4 nitrogen and oxygen atoms in total. The van der Waals surface area contributed by atoms with E-state index in [4.69, 9.17) is 11.3 Å². The largest absolute Gasteiger partial charge is 0.324 e. The Morgan fingerprint density at radius 3 is 2.31 bits per heavy atom. The van der Waals surface area contributed by atoms with Crippen molar-refractivity contribution in [1.29, 1.82) is 0 Å². The molecule has 0 spiro atoms. The fourth-order valence-corrected chi connectivity index (χ4v) is 0.896. The Morgan fingerprint density at radius 2 is 1.92 bits per heavy atom. The van der Waals surface area contributed by atoms with Crippen LogP contribution in [0.25, 0.3) is 10.4 Å². The molecule has 0 heterocycles. The molecule has 1 aromatic carbocycles. The topological polar surface area (TPSA) is 74.8 Å². The predicted molar refractivity (Wildman–Crippen MR) is 55.1 cm³/mol. The van der Waals surface area contributed by atoms with Gasteiger partial charge in [-0.3, -0.25) is 0 Å². The summed E-state index contributed by atoms with van der Waals surface area (Å²) >= 11 is 0. The van der Waals surface area contributed by atoms with Crippen molar-refractivity contribution in [2.45, 2.75) is 13.0 Å². The van der Waals surface area contributed by atoms with Crippen molar-refractivity contribution in [3.8, 4) is 0 Å². The molecule has 0 aliphatic heterocycles. The van der Waals surface area contributed by atoms with Crippen molar-refractivity contribution in [2.75, 3.05) is 0 Å². The minimum atomic E-state index is 0. The quantitative estimate of drug-likeness (QED) is 0.443. The van der Waals surface area contributed by atoms with Gasteiger partial charge in [0.15, 0.2) is 0 Å². The van der Waals surface area contributed by atoms with Crippen molar-refractivity contribution in [1.82, 2.24) is 0 Å². The smallest absolute Gasteiger partial charge is 0.0375 e. The monoisotopic (exact) mass is 198 g/mol. The first-order valence-corrected chi connectivity index (χ1v) is 3.64. The van der Waals surface area contributed by atoms with Gasteiger partial charge in [0.1, 0.15) is 0 Å². The number of rotatable bonds is 2. The summed E-state index contributed by atoms with van der Waals surface area (Å²) < 4.78 is 0. The maximum Gasteiger partial charge on any atom is 0.0375 e. The molecule has 0 saturated carbocycles. The van der Waals surface area contributed by atoms with Gasteiger partial charge in [-0.25, -0.2) is 0 Å². The summed E-state index contributed by atoms with van der Waals surface area (Å²) in [6.07, 6.45) is 0. The van der Waals surface area contributed by atoms with Crippen molar-refractivity contribution >= 4 is 18.1 Å². The number of hydrogen-bond donors (Lipinski definition) is 1. The van der Waals surface area contributed by atoms with E-state index in [2.05, 4.69) is 10.0 Å². The summed E-state index contributed by atoms with van der Waals surface area (Å²) in [4.78, 5) is 2.67. The first-order valence-electron chi connectivity index (χ1n) is 3.64. The van der Waals surface area contributed by atoms with E-state index in [1.54, 1.807) is 12.1 Å². The van der Waals surface area contributed by atoms with E-state index in [-0.39, 0.29) is 18.4 Å². The maximum atomic E-state index is 8.13. The molecule has 0 aromatic heterocycles. The van der Waals surface area contributed by atoms with Gasteiger partial charge >= 0.3 is 0 Å². The molecule has 0 unspecified atom stereocenters. The summed E-state index contributed by atoms with van der Waals surface area (Å²) in [5, 5.41) is 3.45. The SMILES string of the molecule is C[C@H](N)c1ccc(N=[N+]=[N-])cc1.Cl. The third-order valence-corrected chi connectivity index (χ3v) is 1.58. The highest BCUT2D eigenvalue weighted by atomic mass is 35.5. The van der Waals surface area contributed by atoms with E-state index in [9.17, 15) is 0 Å². The van der Waals surface area contributed by atoms with E-state index in [1.807, 2.05) is 19.1 Å². The van der Waals surface area contributed by atoms with Gasteiger partial charge in [-0.1, -0.05) is 29.4 Å². The summed E-state index contributed by atoms with van der Waals surface area (Å²) in [5.74, 6) is 0. The highest BCUT2D eigenvalue weighted by molar-refractivity contribution is 5.85. The lowest BCUT2D eigenvalue weighted by atomic mass is 10.1. The van der Waals surface area contributed by atoms with Gasteiger partial charge in [0.05, 0.1) is 0 Å². The molecule has 5 heteroatoms. The highest BCUT2D eigenvalue weighted by Gasteiger charge is 1.96. The summed E-state index contributed by atoms with van der Waals surface area (Å²) in [6, 6.07) is 7.23. The molecule has 0 bridgehead atoms. The summed E-state index contributed by atoms with van der Waals surface area (Å²) in [6.45, 7) is 1.91. The Hall–Kier alpha value is -1.22. The van der Waals surface area contributed by atoms with Crippen LogP contribution in [0, 0.1) is 0 Å². The number of halogens is 1. The number of nitrogens with zero attached hydrogens (tertiary/aromatic N) is 3. The number of azide groups is 1. The lowest BCUT2D eigenvalue weighted by Gasteiger charge is -2.03. The van der Waals surface area contributed by atoms with E-state index < -0.39 is 0 Å². The second-order valence-electron chi connectivity index (χ2n) is 2.57. The lowest BCUT2D eigenvalue weighted by Crippen LogP contribution is -2.03. The molecule has 0 aliphatic rings. The zero-order chi connectivity index (χ0) is 8.97. The second kappa shape index (κ2) is 5.43. The lowest BCUT2D eigenvalue weighted by molar-refractivity contribution is 0.818. The maximum absolute atomic E-state index is 8.13. The van der Waals surface area contributed by atoms with E-state index in [0.29, 0.717) is 5.69 Å². The third-order valence-electron chi connectivity index (χ3n) is 1.58. The van der Waals surface area contributed by atoms with E-state index in [1.165, 1.54) is 0 Å². The van der Waals surface area contributed by atoms with Gasteiger partial charge in [-0.15, -0.1) is 12.4 Å². The third kappa shape index (κ3) is 3.34. The van der Waals surface area contributed by atoms with Crippen LogP contribution in [0.3, 0.4) is 0 Å². The molecule has 2 N–H and O–H groups in total. The first-order chi connectivity index (χ1) is 5.74. The fourth-order valence-electron chi connectivity index (χ4n) is 0.896. The molecule has 0 fully saturated rings. The Balaban J connectivity index is 0.00000144. The molecule has 1 atom stereocenters. The zero-order valence-electron chi connectivity index (χ0n) is 7.21. The first kappa shape index (κ1) is 11.8. The van der Waals surface area contributed by atoms with Crippen molar-refractivity contribution in [3.05, 3.63) is 40.3 Å². The van der Waals surface area contributed by atoms with Crippen LogP contribution in [0.1, 0.15) is 18.5 Å². The van der Waals surface area contributed by atoms with Gasteiger partial charge in [0.25, 0.3) is 0 Å². The van der Waals surface area contributed by atoms with Gasteiger partial charge in [-0.05, 0) is 18.0 Å². The molecule has 0 amide bonds. The molecule has 1 aromatic rings. The Bertz CT molecular complexity index is 300. The number of benzene rings is 1. The highest BCUT2D eigenvalue weighted by Crippen LogP contribution is 2.16. The molecule has 0 radical (unpaired) electrons. The summed E-state index contributed by atoms with van der Waals surface area (Å²) in [5.41, 5.74) is 15.4. The van der Waals surface area contributed by atoms with Gasteiger partial charge in [0.2, 0.25) is 0 Å². The Morgan fingerprint density at radius 1 is 1.38 bits per heavy atom. The second-order valence-corrected chi connectivity index (χ2v) is 2.57. The minimum Gasteiger partial charge on any atom is -0.324 e. The number of nitrogens with two attached hydrogens (primary N) is 1. The minimum absolute atomic E-state index is 0. The standard InChI is InChI=1S/C8H10N4.ClH/c1-6(9)7-2-4-8(5-3-7)11-12-10;/h2-6H,9H2,1H3;1H/t6-;/m0./s1. The van der Waals surface area contributed by atoms with Crippen LogP contribution < -0.4 is 5.73 Å². The average Bonchev–Trinajstić information content (AvgIpc) is 2.06. The van der Waals surface area contributed by atoms with Crippen LogP contribution in [0.2, 0.25) is 0 Å². The van der Waals surface area contributed by atoms with Crippen molar-refractivity contribution < 1.29 is 0 Å². The van der Waals surface area contributed by atoms with Crippen molar-refractivity contribution in [2.24, 2.45) is 10.8 Å². The van der Waals surface area contributed by atoms with Crippen LogP contribution in [0.5, 0.6) is 0 Å². The van der Waals surface area contributed by atoms with Gasteiger partial charge in [0, 0.05) is 16.6 Å². The Labute approximate surface area is 82.8 Å². The van der Waals surface area contributed by atoms with Crippen LogP contribution in [0.4, 0.5) is 5.69 Å². The molecule has 0 aliphatic carbocycles. The van der Waals surface area contributed by atoms with Crippen molar-refractivity contribution in [3.63, 3.8) is 0 Å². The van der Waals surface area contributed by atoms with E-state index in [0.717, 1.165) is 5.56 Å². The van der Waals surface area contributed by atoms with Crippen LogP contribution in [-0.4, -0.2) is 0 Å². The zero-order valence-corrected chi connectivity index (χ0v) is 8.03. The van der Waals surface area contributed by atoms with Gasteiger partial charge in [-0.2, -0.15) is 0 Å².